The summed E-state index contributed by atoms with van der Waals surface area (Å²) in [6.45, 7) is 7.59. The lowest BCUT2D eigenvalue weighted by Gasteiger charge is -2.21. The Balaban J connectivity index is 3.72. The SMILES string of the molecule is CC[C@@H](/C=C/CCCCCCCCC(=O)O)NC(=O)OC(C)(C)C. The second-order valence-corrected chi connectivity index (χ2v) is 7.14. The maximum Gasteiger partial charge on any atom is 0.408 e. The summed E-state index contributed by atoms with van der Waals surface area (Å²) in [6, 6.07) is 0.0101. The third kappa shape index (κ3) is 15.4. The molecule has 0 saturated heterocycles. The Morgan fingerprint density at radius 2 is 1.67 bits per heavy atom. The van der Waals surface area contributed by atoms with Crippen LogP contribution in [-0.4, -0.2) is 28.8 Å². The van der Waals surface area contributed by atoms with E-state index in [1.165, 1.54) is 0 Å². The number of amides is 1. The summed E-state index contributed by atoms with van der Waals surface area (Å²) < 4.78 is 5.26. The van der Waals surface area contributed by atoms with E-state index in [-0.39, 0.29) is 18.6 Å². The Morgan fingerprint density at radius 1 is 1.08 bits per heavy atom. The second kappa shape index (κ2) is 12.8. The molecule has 24 heavy (non-hydrogen) atoms. The van der Waals surface area contributed by atoms with E-state index in [9.17, 15) is 9.59 Å². The molecule has 0 fully saturated rings. The number of ether oxygens (including phenoxy) is 1. The number of alkyl carbamates (subject to hydrolysis) is 1. The van der Waals surface area contributed by atoms with Gasteiger partial charge in [-0.15, -0.1) is 0 Å². The number of rotatable bonds is 12. The molecule has 0 aromatic rings. The minimum absolute atomic E-state index is 0.0101. The van der Waals surface area contributed by atoms with Crippen LogP contribution in [0.3, 0.4) is 0 Å². The number of hydrogen-bond acceptors (Lipinski definition) is 3. The van der Waals surface area contributed by atoms with Gasteiger partial charge in [0.1, 0.15) is 5.60 Å². The summed E-state index contributed by atoms with van der Waals surface area (Å²) in [4.78, 5) is 22.1. The van der Waals surface area contributed by atoms with Gasteiger partial charge in [-0.2, -0.15) is 0 Å². The van der Waals surface area contributed by atoms with Gasteiger partial charge < -0.3 is 15.2 Å². The summed E-state index contributed by atoms with van der Waals surface area (Å²) in [7, 11) is 0. The lowest BCUT2D eigenvalue weighted by atomic mass is 10.1. The molecular formula is C19H35NO4. The van der Waals surface area contributed by atoms with E-state index in [0.29, 0.717) is 0 Å². The Labute approximate surface area is 146 Å². The highest BCUT2D eigenvalue weighted by atomic mass is 16.6. The van der Waals surface area contributed by atoms with Gasteiger partial charge in [-0.1, -0.05) is 44.8 Å². The van der Waals surface area contributed by atoms with E-state index < -0.39 is 11.6 Å². The Bertz CT molecular complexity index is 385. The zero-order chi connectivity index (χ0) is 18.4. The predicted octanol–water partition coefficient (Wildman–Crippen LogP) is 5.05. The van der Waals surface area contributed by atoms with Gasteiger partial charge in [0.2, 0.25) is 0 Å². The topological polar surface area (TPSA) is 75.6 Å². The Hall–Kier alpha value is -1.52. The largest absolute Gasteiger partial charge is 0.481 e. The van der Waals surface area contributed by atoms with E-state index in [1.807, 2.05) is 33.8 Å². The number of aliphatic carboxylic acids is 1. The Morgan fingerprint density at radius 3 is 2.21 bits per heavy atom. The molecule has 0 aliphatic rings. The fourth-order valence-corrected chi connectivity index (χ4v) is 2.25. The molecule has 0 saturated carbocycles. The maximum absolute atomic E-state index is 11.7. The first-order valence-electron chi connectivity index (χ1n) is 9.12. The summed E-state index contributed by atoms with van der Waals surface area (Å²) in [5.41, 5.74) is -0.476. The number of nitrogens with one attached hydrogen (secondary N) is 1. The minimum atomic E-state index is -0.703. The Kier molecular flexibility index (Phi) is 12.0. The third-order valence-corrected chi connectivity index (χ3v) is 3.52. The van der Waals surface area contributed by atoms with Crippen LogP contribution in [0, 0.1) is 0 Å². The predicted molar refractivity (Wildman–Crippen MR) is 97.2 cm³/mol. The molecule has 0 aliphatic heterocycles. The molecular weight excluding hydrogens is 306 g/mol. The van der Waals surface area contributed by atoms with Gasteiger partial charge in [0.25, 0.3) is 0 Å². The van der Waals surface area contributed by atoms with Crippen LogP contribution in [0.4, 0.5) is 4.79 Å². The summed E-state index contributed by atoms with van der Waals surface area (Å²) >= 11 is 0. The molecule has 0 aromatic heterocycles. The van der Waals surface area contributed by atoms with E-state index in [4.69, 9.17) is 9.84 Å². The van der Waals surface area contributed by atoms with Crippen molar-refractivity contribution in [3.05, 3.63) is 12.2 Å². The van der Waals surface area contributed by atoms with Crippen LogP contribution >= 0.6 is 0 Å². The van der Waals surface area contributed by atoms with Crippen LogP contribution in [0.15, 0.2) is 12.2 Å². The number of hydrogen-bond donors (Lipinski definition) is 2. The highest BCUT2D eigenvalue weighted by Gasteiger charge is 2.17. The number of carbonyl (C=O) groups is 2. The lowest BCUT2D eigenvalue weighted by molar-refractivity contribution is -0.137. The molecule has 0 unspecified atom stereocenters. The van der Waals surface area contributed by atoms with Crippen LogP contribution in [-0.2, 0) is 9.53 Å². The first-order chi connectivity index (χ1) is 11.2. The van der Waals surface area contributed by atoms with Crippen molar-refractivity contribution in [3.8, 4) is 0 Å². The molecule has 1 atom stereocenters. The molecule has 140 valence electrons. The van der Waals surface area contributed by atoms with Crippen molar-refractivity contribution in [2.45, 2.75) is 97.1 Å². The second-order valence-electron chi connectivity index (χ2n) is 7.14. The molecule has 0 rings (SSSR count). The standard InChI is InChI=1S/C19H35NO4/c1-5-16(20-18(23)24-19(2,3)4)14-12-10-8-6-7-9-11-13-15-17(21)22/h12,14,16H,5-11,13,15H2,1-4H3,(H,20,23)(H,21,22)/b14-12+/t16-/m0/s1. The number of carboxylic acids is 1. The minimum Gasteiger partial charge on any atom is -0.481 e. The van der Waals surface area contributed by atoms with E-state index in [1.54, 1.807) is 0 Å². The van der Waals surface area contributed by atoms with Gasteiger partial charge in [0.05, 0.1) is 6.04 Å². The van der Waals surface area contributed by atoms with Gasteiger partial charge in [-0.3, -0.25) is 4.79 Å². The zero-order valence-electron chi connectivity index (χ0n) is 15.8. The van der Waals surface area contributed by atoms with Crippen molar-refractivity contribution in [3.63, 3.8) is 0 Å². The van der Waals surface area contributed by atoms with Crippen molar-refractivity contribution in [2.75, 3.05) is 0 Å². The van der Waals surface area contributed by atoms with Crippen molar-refractivity contribution in [2.24, 2.45) is 0 Å². The molecule has 0 bridgehead atoms. The smallest absolute Gasteiger partial charge is 0.408 e. The maximum atomic E-state index is 11.7. The van der Waals surface area contributed by atoms with Gasteiger partial charge >= 0.3 is 12.1 Å². The van der Waals surface area contributed by atoms with E-state index in [0.717, 1.165) is 51.4 Å². The van der Waals surface area contributed by atoms with Gasteiger partial charge in [-0.25, -0.2) is 4.79 Å². The first kappa shape index (κ1) is 22.5. The average molecular weight is 341 g/mol. The van der Waals surface area contributed by atoms with E-state index >= 15 is 0 Å². The highest BCUT2D eigenvalue weighted by molar-refractivity contribution is 5.68. The van der Waals surface area contributed by atoms with Crippen LogP contribution in [0.1, 0.15) is 85.5 Å². The molecule has 0 aliphatic carbocycles. The molecule has 2 N–H and O–H groups in total. The summed E-state index contributed by atoms with van der Waals surface area (Å²) in [5, 5.41) is 11.4. The number of carbonyl (C=O) groups excluding carboxylic acids is 1. The number of allylic oxidation sites excluding steroid dienone is 1. The molecule has 0 aromatic carbocycles. The monoisotopic (exact) mass is 341 g/mol. The van der Waals surface area contributed by atoms with Crippen LogP contribution in [0.25, 0.3) is 0 Å². The summed E-state index contributed by atoms with van der Waals surface area (Å²) in [5.74, 6) is -0.703. The molecule has 5 nitrogen and oxygen atoms in total. The normalized spacial score (nSPS) is 13.0. The van der Waals surface area contributed by atoms with Gasteiger partial charge in [0.15, 0.2) is 0 Å². The lowest BCUT2D eigenvalue weighted by Crippen LogP contribution is -2.37. The quantitative estimate of drug-likeness (QED) is 0.385. The number of carboxylic acid groups (broad SMARTS) is 1. The molecule has 1 amide bonds. The van der Waals surface area contributed by atoms with Gasteiger partial charge in [0, 0.05) is 6.42 Å². The van der Waals surface area contributed by atoms with Crippen molar-refractivity contribution < 1.29 is 19.4 Å². The van der Waals surface area contributed by atoms with E-state index in [2.05, 4.69) is 11.4 Å². The van der Waals surface area contributed by atoms with Crippen molar-refractivity contribution in [1.82, 2.24) is 5.32 Å². The molecule has 0 radical (unpaired) electrons. The van der Waals surface area contributed by atoms with Crippen molar-refractivity contribution in [1.29, 1.82) is 0 Å². The zero-order valence-corrected chi connectivity index (χ0v) is 15.8. The van der Waals surface area contributed by atoms with Crippen LogP contribution in [0.2, 0.25) is 0 Å². The van der Waals surface area contributed by atoms with Gasteiger partial charge in [-0.05, 0) is 46.5 Å². The van der Waals surface area contributed by atoms with Crippen LogP contribution in [0.5, 0.6) is 0 Å². The fraction of sp³-hybridized carbons (Fsp3) is 0.789. The molecule has 5 heteroatoms. The molecule has 0 spiro atoms. The average Bonchev–Trinajstić information content (AvgIpc) is 2.45. The van der Waals surface area contributed by atoms with Crippen molar-refractivity contribution >= 4 is 12.1 Å². The summed E-state index contributed by atoms with van der Waals surface area (Å²) in [6.07, 6.45) is 12.2. The van der Waals surface area contributed by atoms with Crippen LogP contribution < -0.4 is 5.32 Å². The third-order valence-electron chi connectivity index (χ3n) is 3.52. The highest BCUT2D eigenvalue weighted by Crippen LogP contribution is 2.10. The first-order valence-corrected chi connectivity index (χ1v) is 9.12. The molecule has 0 heterocycles. The number of unbranched alkanes of at least 4 members (excludes halogenated alkanes) is 6. The fourth-order valence-electron chi connectivity index (χ4n) is 2.25.